The number of hydrogen-bond donors (Lipinski definition) is 1. The van der Waals surface area contributed by atoms with Crippen LogP contribution in [0.1, 0.15) is 11.1 Å². The molecule has 0 aliphatic carbocycles. The Kier molecular flexibility index (Phi) is 7.40. The van der Waals surface area contributed by atoms with Gasteiger partial charge in [-0.25, -0.2) is 0 Å². The molecule has 5 aromatic rings. The maximum atomic E-state index is 13.8. The van der Waals surface area contributed by atoms with Gasteiger partial charge in [0, 0.05) is 18.0 Å². The lowest BCUT2D eigenvalue weighted by atomic mass is 10.1. The molecule has 1 fully saturated rings. The summed E-state index contributed by atoms with van der Waals surface area (Å²) >= 11 is 5.35. The number of carbonyl (C=O) groups excluding carboxylic acids is 2. The summed E-state index contributed by atoms with van der Waals surface area (Å²) in [7, 11) is 1.68. The molecule has 0 atom stereocenters. The number of alkyl halides is 3. The van der Waals surface area contributed by atoms with Gasteiger partial charge in [-0.15, -0.1) is 0 Å². The van der Waals surface area contributed by atoms with Gasteiger partial charge in [-0.2, -0.15) is 13.2 Å². The van der Waals surface area contributed by atoms with Gasteiger partial charge in [-0.1, -0.05) is 42.5 Å². The first kappa shape index (κ1) is 28.7. The second kappa shape index (κ2) is 11.3. The molecule has 0 bridgehead atoms. The first-order valence-corrected chi connectivity index (χ1v) is 13.7. The second-order valence-electron chi connectivity index (χ2n) is 9.79. The SMILES string of the molecule is Cn1c(Oc2cccc(C(F)(F)F)c2)c(C=C2C(=O)NC(=S)N(c3ccc(Oc4ccccc4)cc3)C2=O)c2ccccc21. The molecule has 1 aliphatic heterocycles. The molecule has 0 radical (unpaired) electrons. The van der Waals surface area contributed by atoms with Gasteiger partial charge in [0.2, 0.25) is 5.88 Å². The highest BCUT2D eigenvalue weighted by Gasteiger charge is 2.35. The van der Waals surface area contributed by atoms with Crippen molar-refractivity contribution in [1.29, 1.82) is 0 Å². The van der Waals surface area contributed by atoms with E-state index in [0.29, 0.717) is 33.7 Å². The highest BCUT2D eigenvalue weighted by Crippen LogP contribution is 2.38. The highest BCUT2D eigenvalue weighted by molar-refractivity contribution is 7.80. The first-order chi connectivity index (χ1) is 21.1. The van der Waals surface area contributed by atoms with Crippen LogP contribution in [0.3, 0.4) is 0 Å². The zero-order chi connectivity index (χ0) is 31.0. The molecule has 11 heteroatoms. The summed E-state index contributed by atoms with van der Waals surface area (Å²) in [4.78, 5) is 28.1. The number of thiocarbonyl (C=S) groups is 1. The Morgan fingerprint density at radius 1 is 0.795 bits per heavy atom. The molecule has 4 aromatic carbocycles. The van der Waals surface area contributed by atoms with Crippen LogP contribution in [0.2, 0.25) is 0 Å². The Balaban J connectivity index is 1.37. The minimum Gasteiger partial charge on any atom is -0.457 e. The van der Waals surface area contributed by atoms with E-state index in [1.54, 1.807) is 60.1 Å². The molecule has 44 heavy (non-hydrogen) atoms. The minimum atomic E-state index is -4.57. The predicted octanol–water partition coefficient (Wildman–Crippen LogP) is 7.61. The number of nitrogens with one attached hydrogen (secondary N) is 1. The Bertz CT molecular complexity index is 1950. The van der Waals surface area contributed by atoms with Crippen molar-refractivity contribution in [1.82, 2.24) is 9.88 Å². The number of aromatic nitrogens is 1. The molecule has 6 rings (SSSR count). The van der Waals surface area contributed by atoms with Crippen molar-refractivity contribution in [2.45, 2.75) is 6.18 Å². The van der Waals surface area contributed by atoms with Crippen LogP contribution in [0.25, 0.3) is 17.0 Å². The van der Waals surface area contributed by atoms with Gasteiger partial charge >= 0.3 is 6.18 Å². The van der Waals surface area contributed by atoms with Gasteiger partial charge in [0.1, 0.15) is 22.8 Å². The van der Waals surface area contributed by atoms with E-state index in [1.165, 1.54) is 23.1 Å². The molecular weight excluding hydrogens is 591 g/mol. The van der Waals surface area contributed by atoms with Crippen molar-refractivity contribution in [3.63, 3.8) is 0 Å². The molecule has 1 saturated heterocycles. The van der Waals surface area contributed by atoms with Gasteiger partial charge in [0.05, 0.1) is 16.8 Å². The molecule has 1 aromatic heterocycles. The number of benzene rings is 4. The highest BCUT2D eigenvalue weighted by atomic mass is 32.1. The van der Waals surface area contributed by atoms with Crippen molar-refractivity contribution in [3.8, 4) is 23.1 Å². The van der Waals surface area contributed by atoms with Crippen LogP contribution in [0.15, 0.2) is 109 Å². The van der Waals surface area contributed by atoms with Crippen LogP contribution >= 0.6 is 12.2 Å². The van der Waals surface area contributed by atoms with E-state index in [-0.39, 0.29) is 22.3 Å². The van der Waals surface area contributed by atoms with E-state index in [9.17, 15) is 22.8 Å². The molecule has 7 nitrogen and oxygen atoms in total. The number of carbonyl (C=O) groups is 2. The van der Waals surface area contributed by atoms with Crippen LogP contribution in [0.4, 0.5) is 18.9 Å². The van der Waals surface area contributed by atoms with Crippen molar-refractivity contribution in [2.24, 2.45) is 7.05 Å². The zero-order valence-corrected chi connectivity index (χ0v) is 23.8. The topological polar surface area (TPSA) is 72.8 Å². The molecule has 0 spiro atoms. The van der Waals surface area contributed by atoms with Crippen LogP contribution < -0.4 is 19.7 Å². The van der Waals surface area contributed by atoms with Gasteiger partial charge in [0.15, 0.2) is 5.11 Å². The monoisotopic (exact) mass is 613 g/mol. The molecule has 2 heterocycles. The lowest BCUT2D eigenvalue weighted by molar-refractivity contribution is -0.137. The van der Waals surface area contributed by atoms with Crippen molar-refractivity contribution in [2.75, 3.05) is 4.90 Å². The van der Waals surface area contributed by atoms with E-state index < -0.39 is 23.6 Å². The zero-order valence-electron chi connectivity index (χ0n) is 23.0. The van der Waals surface area contributed by atoms with E-state index in [1.807, 2.05) is 30.3 Å². The number of halogens is 3. The smallest absolute Gasteiger partial charge is 0.416 e. The fraction of sp³-hybridized carbons (Fsp3) is 0.0606. The fourth-order valence-electron chi connectivity index (χ4n) is 4.83. The van der Waals surface area contributed by atoms with Gasteiger partial charge in [0.25, 0.3) is 11.8 Å². The average Bonchev–Trinajstić information content (AvgIpc) is 3.26. The average molecular weight is 614 g/mol. The van der Waals surface area contributed by atoms with Gasteiger partial charge in [-0.05, 0) is 79.0 Å². The minimum absolute atomic E-state index is 0.0644. The number of nitrogens with zero attached hydrogens (tertiary/aromatic N) is 2. The van der Waals surface area contributed by atoms with Gasteiger partial charge in [-0.3, -0.25) is 19.8 Å². The van der Waals surface area contributed by atoms with E-state index in [4.69, 9.17) is 21.7 Å². The number of para-hydroxylation sites is 2. The predicted molar refractivity (Wildman–Crippen MR) is 164 cm³/mol. The Labute approximate surface area is 254 Å². The molecule has 1 aliphatic rings. The number of hydrogen-bond acceptors (Lipinski definition) is 5. The number of anilines is 1. The molecule has 0 saturated carbocycles. The first-order valence-electron chi connectivity index (χ1n) is 13.3. The van der Waals surface area contributed by atoms with Crippen LogP contribution in [0.5, 0.6) is 23.1 Å². The summed E-state index contributed by atoms with van der Waals surface area (Å²) in [5.74, 6) is -0.166. The molecule has 0 unspecified atom stereocenters. The van der Waals surface area contributed by atoms with Crippen LogP contribution in [-0.2, 0) is 22.8 Å². The number of rotatable bonds is 6. The fourth-order valence-corrected chi connectivity index (χ4v) is 5.11. The number of aryl methyl sites for hydroxylation is 1. The summed E-state index contributed by atoms with van der Waals surface area (Å²) in [6.45, 7) is 0. The second-order valence-corrected chi connectivity index (χ2v) is 10.2. The Morgan fingerprint density at radius 2 is 1.45 bits per heavy atom. The van der Waals surface area contributed by atoms with E-state index >= 15 is 0 Å². The lowest BCUT2D eigenvalue weighted by Gasteiger charge is -2.29. The lowest BCUT2D eigenvalue weighted by Crippen LogP contribution is -2.54. The quantitative estimate of drug-likeness (QED) is 0.121. The Hall–Kier alpha value is -5.42. The molecular formula is C33H22F3N3O4S. The van der Waals surface area contributed by atoms with Crippen molar-refractivity contribution >= 4 is 51.8 Å². The summed E-state index contributed by atoms with van der Waals surface area (Å²) < 4.78 is 53.6. The van der Waals surface area contributed by atoms with Crippen LogP contribution in [-0.4, -0.2) is 21.5 Å². The van der Waals surface area contributed by atoms with E-state index in [0.717, 1.165) is 12.1 Å². The van der Waals surface area contributed by atoms with Crippen LogP contribution in [0, 0.1) is 0 Å². The molecule has 1 N–H and O–H groups in total. The normalized spacial score (nSPS) is 14.7. The summed E-state index contributed by atoms with van der Waals surface area (Å²) in [6, 6.07) is 27.4. The van der Waals surface area contributed by atoms with Crippen molar-refractivity contribution < 1.29 is 32.2 Å². The number of fused-ring (bicyclic) bond motifs is 1. The number of amides is 2. The largest absolute Gasteiger partial charge is 0.457 e. The standard InChI is InChI=1S/C33H22F3N3O4S/c1-38-28-13-6-5-12-25(28)26(31(38)43-24-11-7-8-20(18-24)33(34,35)36)19-27-29(40)37-32(44)39(30(27)41)21-14-16-23(17-15-21)42-22-9-3-2-4-10-22/h2-19H,1H3,(H,37,40,44). The third kappa shape index (κ3) is 5.52. The van der Waals surface area contributed by atoms with Gasteiger partial charge < -0.3 is 14.0 Å². The summed E-state index contributed by atoms with van der Waals surface area (Å²) in [5.41, 5.74) is 0.280. The van der Waals surface area contributed by atoms with Crippen molar-refractivity contribution in [3.05, 3.63) is 120 Å². The molecule has 220 valence electrons. The maximum Gasteiger partial charge on any atom is 0.416 e. The summed E-state index contributed by atoms with van der Waals surface area (Å²) in [6.07, 6.45) is -3.20. The Morgan fingerprint density at radius 3 is 2.18 bits per heavy atom. The number of ether oxygens (including phenoxy) is 2. The summed E-state index contributed by atoms with van der Waals surface area (Å²) in [5, 5.41) is 3.07. The third-order valence-electron chi connectivity index (χ3n) is 6.93. The van der Waals surface area contributed by atoms with E-state index in [2.05, 4.69) is 5.32 Å². The third-order valence-corrected chi connectivity index (χ3v) is 7.22. The molecule has 2 amide bonds. The maximum absolute atomic E-state index is 13.8.